The normalized spacial score (nSPS) is 12.8. The summed E-state index contributed by atoms with van der Waals surface area (Å²) in [5.41, 5.74) is 6.37. The van der Waals surface area contributed by atoms with Crippen LogP contribution in [0.5, 0.6) is 0 Å². The van der Waals surface area contributed by atoms with E-state index in [1.54, 1.807) is 0 Å². The molecule has 116 valence electrons. The lowest BCUT2D eigenvalue weighted by atomic mass is 9.80. The van der Waals surface area contributed by atoms with Crippen molar-refractivity contribution in [1.82, 2.24) is 4.90 Å². The van der Waals surface area contributed by atoms with Crippen LogP contribution in [-0.2, 0) is 6.42 Å². The van der Waals surface area contributed by atoms with E-state index in [0.29, 0.717) is 11.8 Å². The van der Waals surface area contributed by atoms with Gasteiger partial charge >= 0.3 is 0 Å². The van der Waals surface area contributed by atoms with Gasteiger partial charge in [0.15, 0.2) is 0 Å². The second-order valence-electron chi connectivity index (χ2n) is 6.88. The van der Waals surface area contributed by atoms with Crippen LogP contribution in [0.15, 0.2) is 17.5 Å². The summed E-state index contributed by atoms with van der Waals surface area (Å²) in [7, 11) is 2.26. The lowest BCUT2D eigenvalue weighted by Crippen LogP contribution is -2.54. The molecule has 0 saturated heterocycles. The maximum absolute atomic E-state index is 6.22. The Hall–Kier alpha value is -0.380. The molecular weight excluding hydrogens is 264 g/mol. The number of hydrogen-bond acceptors (Lipinski definition) is 3. The van der Waals surface area contributed by atoms with Gasteiger partial charge in [-0.1, -0.05) is 33.8 Å². The molecule has 2 N–H and O–H groups in total. The highest BCUT2D eigenvalue weighted by Crippen LogP contribution is 2.30. The molecule has 0 spiro atoms. The van der Waals surface area contributed by atoms with Crippen molar-refractivity contribution in [3.05, 3.63) is 22.4 Å². The Morgan fingerprint density at radius 1 is 1.20 bits per heavy atom. The first kappa shape index (κ1) is 17.7. The van der Waals surface area contributed by atoms with E-state index >= 15 is 0 Å². The third-order valence-corrected chi connectivity index (χ3v) is 4.98. The first-order valence-electron chi connectivity index (χ1n) is 7.83. The number of thiophene rings is 1. The van der Waals surface area contributed by atoms with Gasteiger partial charge in [-0.2, -0.15) is 0 Å². The van der Waals surface area contributed by atoms with Gasteiger partial charge in [-0.3, -0.25) is 4.90 Å². The van der Waals surface area contributed by atoms with Gasteiger partial charge in [0.25, 0.3) is 0 Å². The van der Waals surface area contributed by atoms with Crippen LogP contribution in [0.25, 0.3) is 0 Å². The fraction of sp³-hybridized carbons (Fsp3) is 0.765. The molecule has 0 aliphatic heterocycles. The van der Waals surface area contributed by atoms with Crippen molar-refractivity contribution < 1.29 is 0 Å². The third-order valence-electron chi connectivity index (χ3n) is 4.04. The smallest absolute Gasteiger partial charge is 0.0333 e. The van der Waals surface area contributed by atoms with Crippen LogP contribution in [0, 0.1) is 11.8 Å². The summed E-state index contributed by atoms with van der Waals surface area (Å²) < 4.78 is 0. The first-order chi connectivity index (χ1) is 9.39. The highest BCUT2D eigenvalue weighted by Gasteiger charge is 2.34. The predicted molar refractivity (Wildman–Crippen MR) is 91.3 cm³/mol. The van der Waals surface area contributed by atoms with Crippen LogP contribution in [0.3, 0.4) is 0 Å². The Morgan fingerprint density at radius 3 is 2.20 bits per heavy atom. The number of rotatable bonds is 9. The van der Waals surface area contributed by atoms with Crippen molar-refractivity contribution in [2.45, 2.75) is 52.5 Å². The SMILES string of the molecule is CC(C)CC(CN)(CC(C)C)N(C)CCc1cccs1. The molecule has 1 heterocycles. The van der Waals surface area contributed by atoms with Crippen LogP contribution < -0.4 is 5.73 Å². The van der Waals surface area contributed by atoms with E-state index in [2.05, 4.69) is 57.2 Å². The number of likely N-dealkylation sites (N-methyl/N-ethyl adjacent to an activating group) is 1. The minimum atomic E-state index is 0.152. The van der Waals surface area contributed by atoms with Gasteiger partial charge in [-0.25, -0.2) is 0 Å². The number of nitrogens with zero attached hydrogens (tertiary/aromatic N) is 1. The Balaban J connectivity index is 2.73. The standard InChI is InChI=1S/C17H32N2S/c1-14(2)11-17(13-18,12-15(3)4)19(5)9-8-16-7-6-10-20-16/h6-7,10,14-15H,8-9,11-13,18H2,1-5H3. The molecule has 20 heavy (non-hydrogen) atoms. The van der Waals surface area contributed by atoms with E-state index in [-0.39, 0.29) is 5.54 Å². The molecule has 0 saturated carbocycles. The van der Waals surface area contributed by atoms with Crippen LogP contribution in [0.4, 0.5) is 0 Å². The Bertz CT molecular complexity index is 347. The average molecular weight is 297 g/mol. The van der Waals surface area contributed by atoms with E-state index < -0.39 is 0 Å². The van der Waals surface area contributed by atoms with Crippen molar-refractivity contribution in [3.8, 4) is 0 Å². The maximum Gasteiger partial charge on any atom is 0.0333 e. The molecule has 0 aromatic carbocycles. The molecule has 0 aliphatic rings. The molecule has 1 aromatic heterocycles. The largest absolute Gasteiger partial charge is 0.329 e. The Kier molecular flexibility index (Phi) is 7.21. The topological polar surface area (TPSA) is 29.3 Å². The van der Waals surface area contributed by atoms with Gasteiger partial charge in [-0.05, 0) is 49.6 Å². The molecule has 0 unspecified atom stereocenters. The molecule has 1 aromatic rings. The van der Waals surface area contributed by atoms with Crippen LogP contribution in [0.2, 0.25) is 0 Å². The quantitative estimate of drug-likeness (QED) is 0.746. The van der Waals surface area contributed by atoms with Gasteiger partial charge in [0, 0.05) is 23.5 Å². The molecule has 0 radical (unpaired) electrons. The molecule has 0 fully saturated rings. The molecular formula is C17H32N2S. The molecule has 0 atom stereocenters. The van der Waals surface area contributed by atoms with Crippen molar-refractivity contribution in [3.63, 3.8) is 0 Å². The zero-order valence-corrected chi connectivity index (χ0v) is 14.7. The molecule has 2 nitrogen and oxygen atoms in total. The fourth-order valence-electron chi connectivity index (χ4n) is 3.21. The van der Waals surface area contributed by atoms with Crippen molar-refractivity contribution in [2.24, 2.45) is 17.6 Å². The number of hydrogen-bond donors (Lipinski definition) is 1. The highest BCUT2D eigenvalue weighted by molar-refractivity contribution is 7.09. The van der Waals surface area contributed by atoms with Crippen LogP contribution in [0.1, 0.15) is 45.4 Å². The summed E-state index contributed by atoms with van der Waals surface area (Å²) in [5.74, 6) is 1.36. The molecule has 0 amide bonds. The first-order valence-corrected chi connectivity index (χ1v) is 8.71. The van der Waals surface area contributed by atoms with Crippen molar-refractivity contribution in [2.75, 3.05) is 20.1 Å². The van der Waals surface area contributed by atoms with E-state index in [1.807, 2.05) is 11.3 Å². The second-order valence-corrected chi connectivity index (χ2v) is 7.91. The summed E-state index contributed by atoms with van der Waals surface area (Å²) in [6.45, 7) is 11.1. The summed E-state index contributed by atoms with van der Waals surface area (Å²) in [6, 6.07) is 4.37. The molecule has 0 aliphatic carbocycles. The minimum Gasteiger partial charge on any atom is -0.329 e. The highest BCUT2D eigenvalue weighted by atomic mass is 32.1. The zero-order chi connectivity index (χ0) is 15.2. The lowest BCUT2D eigenvalue weighted by molar-refractivity contribution is 0.0794. The van der Waals surface area contributed by atoms with Crippen molar-refractivity contribution >= 4 is 11.3 Å². The Morgan fingerprint density at radius 2 is 1.80 bits per heavy atom. The van der Waals surface area contributed by atoms with E-state index in [1.165, 1.54) is 17.7 Å². The predicted octanol–water partition coefficient (Wildman–Crippen LogP) is 4.01. The number of nitrogens with two attached hydrogens (primary N) is 1. The molecule has 3 heteroatoms. The second kappa shape index (κ2) is 8.16. The van der Waals surface area contributed by atoms with Gasteiger partial charge in [-0.15, -0.1) is 11.3 Å². The summed E-state index contributed by atoms with van der Waals surface area (Å²) >= 11 is 1.85. The maximum atomic E-state index is 6.22. The summed E-state index contributed by atoms with van der Waals surface area (Å²) in [4.78, 5) is 3.99. The monoisotopic (exact) mass is 296 g/mol. The lowest BCUT2D eigenvalue weighted by Gasteiger charge is -2.44. The van der Waals surface area contributed by atoms with Crippen molar-refractivity contribution in [1.29, 1.82) is 0 Å². The summed E-state index contributed by atoms with van der Waals surface area (Å²) in [6.07, 6.45) is 3.50. The molecule has 1 rings (SSSR count). The third kappa shape index (κ3) is 5.19. The van der Waals surface area contributed by atoms with Crippen LogP contribution in [-0.4, -0.2) is 30.6 Å². The van der Waals surface area contributed by atoms with Gasteiger partial charge < -0.3 is 5.73 Å². The minimum absolute atomic E-state index is 0.152. The van der Waals surface area contributed by atoms with Gasteiger partial charge in [0.1, 0.15) is 0 Å². The average Bonchev–Trinajstić information content (AvgIpc) is 2.86. The van der Waals surface area contributed by atoms with Gasteiger partial charge in [0.2, 0.25) is 0 Å². The van der Waals surface area contributed by atoms with Gasteiger partial charge in [0.05, 0.1) is 0 Å². The van der Waals surface area contributed by atoms with E-state index in [9.17, 15) is 0 Å². The van der Waals surface area contributed by atoms with E-state index in [0.717, 1.165) is 19.5 Å². The Labute approximate surface area is 129 Å². The van der Waals surface area contributed by atoms with E-state index in [4.69, 9.17) is 5.73 Å². The molecule has 0 bridgehead atoms. The van der Waals surface area contributed by atoms with Crippen LogP contribution >= 0.6 is 11.3 Å². The zero-order valence-electron chi connectivity index (χ0n) is 13.9. The summed E-state index contributed by atoms with van der Waals surface area (Å²) in [5, 5.41) is 2.16. The fourth-order valence-corrected chi connectivity index (χ4v) is 3.91.